The Morgan fingerprint density at radius 2 is 1.47 bits per heavy atom. The number of likely N-dealkylation sites (N-methyl/N-ethyl adjacent to an activating group) is 1. The molecule has 3 nitrogen and oxygen atoms in total. The first-order chi connectivity index (χ1) is 14.6. The lowest BCUT2D eigenvalue weighted by atomic mass is 9.96. The number of piperazine rings is 1. The summed E-state index contributed by atoms with van der Waals surface area (Å²) < 4.78 is 0. The fraction of sp³-hybridized carbons (Fsp3) is 0.296. The Balaban J connectivity index is 1.74. The van der Waals surface area contributed by atoms with Gasteiger partial charge in [0.15, 0.2) is 0 Å². The first-order valence-corrected chi connectivity index (χ1v) is 10.8. The third-order valence-corrected chi connectivity index (χ3v) is 5.89. The van der Waals surface area contributed by atoms with Gasteiger partial charge in [0.25, 0.3) is 0 Å². The number of anilines is 1. The van der Waals surface area contributed by atoms with E-state index in [-0.39, 0.29) is 6.04 Å². The molecule has 0 amide bonds. The minimum Gasteiger partial charge on any atom is -0.327 e. The lowest BCUT2D eigenvalue weighted by Crippen LogP contribution is -2.51. The van der Waals surface area contributed by atoms with Gasteiger partial charge < -0.3 is 4.90 Å². The fourth-order valence-electron chi connectivity index (χ4n) is 4.11. The van der Waals surface area contributed by atoms with E-state index in [4.69, 9.17) is 4.99 Å². The van der Waals surface area contributed by atoms with Crippen LogP contribution in [0, 0.1) is 0 Å². The summed E-state index contributed by atoms with van der Waals surface area (Å²) >= 11 is 0. The molecule has 3 heteroatoms. The van der Waals surface area contributed by atoms with Gasteiger partial charge in [-0.3, -0.25) is 9.89 Å². The van der Waals surface area contributed by atoms with Crippen LogP contribution in [0.15, 0.2) is 89.9 Å². The Morgan fingerprint density at radius 1 is 0.833 bits per heavy atom. The maximum atomic E-state index is 5.18. The van der Waals surface area contributed by atoms with Crippen molar-refractivity contribution in [2.24, 2.45) is 4.99 Å². The van der Waals surface area contributed by atoms with Gasteiger partial charge in [0.2, 0.25) is 0 Å². The highest BCUT2D eigenvalue weighted by atomic mass is 15.3. The van der Waals surface area contributed by atoms with Crippen LogP contribution in [0.2, 0.25) is 0 Å². The summed E-state index contributed by atoms with van der Waals surface area (Å²) in [7, 11) is 2.21. The van der Waals surface area contributed by atoms with E-state index in [0.29, 0.717) is 12.5 Å². The van der Waals surface area contributed by atoms with Crippen LogP contribution in [-0.4, -0.2) is 30.9 Å². The van der Waals surface area contributed by atoms with Crippen molar-refractivity contribution in [1.29, 1.82) is 0 Å². The van der Waals surface area contributed by atoms with Gasteiger partial charge >= 0.3 is 0 Å². The average molecular weight is 398 g/mol. The van der Waals surface area contributed by atoms with Crippen molar-refractivity contribution >= 4 is 11.5 Å². The Labute approximate surface area is 180 Å². The second-order valence-electron chi connectivity index (χ2n) is 8.35. The first-order valence-electron chi connectivity index (χ1n) is 10.8. The van der Waals surface area contributed by atoms with E-state index in [9.17, 15) is 0 Å². The average Bonchev–Trinajstić information content (AvgIpc) is 2.79. The van der Waals surface area contributed by atoms with E-state index in [0.717, 1.165) is 18.9 Å². The highest BCUT2D eigenvalue weighted by Gasteiger charge is 2.32. The second kappa shape index (κ2) is 9.27. The van der Waals surface area contributed by atoms with Gasteiger partial charge in [-0.05, 0) is 41.8 Å². The van der Waals surface area contributed by atoms with Crippen molar-refractivity contribution in [2.75, 3.05) is 25.0 Å². The second-order valence-corrected chi connectivity index (χ2v) is 8.35. The van der Waals surface area contributed by atoms with Crippen LogP contribution >= 0.6 is 0 Å². The summed E-state index contributed by atoms with van der Waals surface area (Å²) in [6.07, 6.45) is 0. The summed E-state index contributed by atoms with van der Waals surface area (Å²) in [6.45, 7) is 7.11. The molecule has 0 aromatic heterocycles. The van der Waals surface area contributed by atoms with Crippen LogP contribution in [0.4, 0.5) is 5.69 Å². The number of amidine groups is 1. The number of benzene rings is 3. The van der Waals surface area contributed by atoms with Crippen molar-refractivity contribution in [2.45, 2.75) is 32.4 Å². The first kappa shape index (κ1) is 20.4. The number of hydrogen-bond donors (Lipinski definition) is 0. The Morgan fingerprint density at radius 3 is 2.10 bits per heavy atom. The molecule has 0 bridgehead atoms. The van der Waals surface area contributed by atoms with Gasteiger partial charge in [-0.25, -0.2) is 0 Å². The normalized spacial score (nSPS) is 18.9. The molecule has 30 heavy (non-hydrogen) atoms. The van der Waals surface area contributed by atoms with Gasteiger partial charge in [-0.15, -0.1) is 0 Å². The number of para-hydroxylation sites is 1. The molecule has 1 aliphatic rings. The number of nitrogens with zero attached hydrogens (tertiary/aromatic N) is 3. The summed E-state index contributed by atoms with van der Waals surface area (Å²) in [5.74, 6) is 1.66. The zero-order valence-electron chi connectivity index (χ0n) is 18.2. The minimum atomic E-state index is 0.142. The maximum absolute atomic E-state index is 5.18. The third kappa shape index (κ3) is 4.47. The van der Waals surface area contributed by atoms with Crippen LogP contribution in [0.25, 0.3) is 0 Å². The molecule has 0 radical (unpaired) electrons. The third-order valence-electron chi connectivity index (χ3n) is 5.89. The molecule has 154 valence electrons. The Bertz CT molecular complexity index is 962. The van der Waals surface area contributed by atoms with Crippen LogP contribution < -0.4 is 4.90 Å². The van der Waals surface area contributed by atoms with Crippen molar-refractivity contribution in [1.82, 2.24) is 4.90 Å². The molecule has 4 rings (SSSR count). The van der Waals surface area contributed by atoms with Gasteiger partial charge in [-0.1, -0.05) is 86.6 Å². The fourth-order valence-corrected chi connectivity index (χ4v) is 4.11. The lowest BCUT2D eigenvalue weighted by Gasteiger charge is -2.42. The van der Waals surface area contributed by atoms with Crippen LogP contribution in [0.3, 0.4) is 0 Å². The van der Waals surface area contributed by atoms with Gasteiger partial charge in [0.05, 0.1) is 12.6 Å². The largest absolute Gasteiger partial charge is 0.327 e. The molecule has 1 atom stereocenters. The molecule has 3 aromatic rings. The van der Waals surface area contributed by atoms with Crippen molar-refractivity contribution in [3.8, 4) is 0 Å². The molecular formula is C27H31N3. The lowest BCUT2D eigenvalue weighted by molar-refractivity contribution is 0.289. The predicted octanol–water partition coefficient (Wildman–Crippen LogP) is 5.90. The van der Waals surface area contributed by atoms with Gasteiger partial charge in [0.1, 0.15) is 5.84 Å². The van der Waals surface area contributed by atoms with Gasteiger partial charge in [-0.2, -0.15) is 0 Å². The summed E-state index contributed by atoms with van der Waals surface area (Å²) in [6, 6.07) is 30.4. The topological polar surface area (TPSA) is 18.8 Å². The van der Waals surface area contributed by atoms with Crippen LogP contribution in [0.1, 0.15) is 42.5 Å². The number of aliphatic imine (C=N–C) groups is 1. The molecule has 0 aliphatic carbocycles. The molecule has 1 aliphatic heterocycles. The van der Waals surface area contributed by atoms with E-state index < -0.39 is 0 Å². The van der Waals surface area contributed by atoms with Crippen LogP contribution in [0.5, 0.6) is 0 Å². The zero-order chi connectivity index (χ0) is 20.9. The van der Waals surface area contributed by atoms with E-state index in [2.05, 4.69) is 116 Å². The number of hydrogen-bond acceptors (Lipinski definition) is 2. The Kier molecular flexibility index (Phi) is 6.29. The standard InChI is InChI=1S/C27H31N3/c1-21(2)23-14-16-24(17-15-23)26-27(28-20-22-10-6-4-7-11-22)30(19-18-29(26)3)25-12-8-5-9-13-25/h4-17,21,26H,18-20H2,1-3H3/b28-27-. The van der Waals surface area contributed by atoms with Crippen LogP contribution in [-0.2, 0) is 6.54 Å². The van der Waals surface area contributed by atoms with Crippen molar-refractivity contribution in [3.05, 3.63) is 102 Å². The highest BCUT2D eigenvalue weighted by Crippen LogP contribution is 2.31. The van der Waals surface area contributed by atoms with Crippen molar-refractivity contribution in [3.63, 3.8) is 0 Å². The molecule has 0 saturated carbocycles. The van der Waals surface area contributed by atoms with E-state index in [1.165, 1.54) is 22.4 Å². The smallest absolute Gasteiger partial charge is 0.126 e. The maximum Gasteiger partial charge on any atom is 0.126 e. The Hall–Kier alpha value is -2.91. The summed E-state index contributed by atoms with van der Waals surface area (Å²) in [4.78, 5) is 10.00. The molecular weight excluding hydrogens is 366 g/mol. The quantitative estimate of drug-likeness (QED) is 0.534. The van der Waals surface area contributed by atoms with Gasteiger partial charge in [0, 0.05) is 18.8 Å². The SMILES string of the molecule is CC(C)c1ccc(C2/C(=N/Cc3ccccc3)N(c3ccccc3)CCN2C)cc1. The molecule has 0 N–H and O–H groups in total. The minimum absolute atomic E-state index is 0.142. The highest BCUT2D eigenvalue weighted by molar-refractivity contribution is 6.02. The number of rotatable bonds is 5. The predicted molar refractivity (Wildman–Crippen MR) is 127 cm³/mol. The van der Waals surface area contributed by atoms with E-state index in [1.54, 1.807) is 0 Å². The van der Waals surface area contributed by atoms with Crippen molar-refractivity contribution < 1.29 is 0 Å². The summed E-state index contributed by atoms with van der Waals surface area (Å²) in [5, 5.41) is 0. The monoisotopic (exact) mass is 397 g/mol. The zero-order valence-corrected chi connectivity index (χ0v) is 18.2. The molecule has 0 spiro atoms. The van der Waals surface area contributed by atoms with E-state index in [1.807, 2.05) is 0 Å². The summed E-state index contributed by atoms with van der Waals surface area (Å²) in [5.41, 5.74) is 5.12. The molecule has 1 heterocycles. The molecule has 1 fully saturated rings. The van der Waals surface area contributed by atoms with E-state index >= 15 is 0 Å². The molecule has 3 aromatic carbocycles. The molecule has 1 unspecified atom stereocenters. The molecule has 1 saturated heterocycles.